The number of aryl methyl sites for hydroxylation is 2. The van der Waals surface area contributed by atoms with Gasteiger partial charge in [-0.15, -0.1) is 0 Å². The second kappa shape index (κ2) is 8.11. The van der Waals surface area contributed by atoms with E-state index < -0.39 is 0 Å². The third-order valence-electron chi connectivity index (χ3n) is 5.23. The van der Waals surface area contributed by atoms with Crippen molar-refractivity contribution < 1.29 is 9.32 Å². The van der Waals surface area contributed by atoms with Crippen molar-refractivity contribution in [3.05, 3.63) is 83.9 Å². The molecule has 0 aliphatic heterocycles. The Morgan fingerprint density at radius 1 is 0.938 bits per heavy atom. The number of rotatable bonds is 5. The van der Waals surface area contributed by atoms with Crippen LogP contribution in [0.2, 0.25) is 0 Å². The van der Waals surface area contributed by atoms with Crippen LogP contribution in [0.3, 0.4) is 0 Å². The van der Waals surface area contributed by atoms with Crippen LogP contribution in [0.25, 0.3) is 33.9 Å². The van der Waals surface area contributed by atoms with Gasteiger partial charge in [0.05, 0.1) is 5.52 Å². The van der Waals surface area contributed by atoms with Crippen LogP contribution >= 0.6 is 0 Å². The van der Waals surface area contributed by atoms with Crippen LogP contribution in [0.15, 0.2) is 77.3 Å². The molecule has 5 rings (SSSR count). The number of hydrogen-bond donors (Lipinski definition) is 1. The summed E-state index contributed by atoms with van der Waals surface area (Å²) < 4.78 is 7.19. The highest BCUT2D eigenvalue weighted by Gasteiger charge is 2.19. The van der Waals surface area contributed by atoms with Gasteiger partial charge in [0.2, 0.25) is 11.7 Å². The van der Waals surface area contributed by atoms with Gasteiger partial charge in [0.25, 0.3) is 5.89 Å². The Balaban J connectivity index is 1.45. The van der Waals surface area contributed by atoms with Gasteiger partial charge in [-0.3, -0.25) is 9.48 Å². The molecule has 0 atom stereocenters. The summed E-state index contributed by atoms with van der Waals surface area (Å²) >= 11 is 0. The van der Waals surface area contributed by atoms with Crippen LogP contribution in [0.5, 0.6) is 0 Å². The Labute approximate surface area is 184 Å². The zero-order chi connectivity index (χ0) is 22.1. The van der Waals surface area contributed by atoms with Gasteiger partial charge < -0.3 is 9.84 Å². The number of anilines is 1. The van der Waals surface area contributed by atoms with E-state index in [2.05, 4.69) is 20.6 Å². The molecule has 5 aromatic rings. The largest absolute Gasteiger partial charge is 0.332 e. The molecule has 0 spiro atoms. The van der Waals surface area contributed by atoms with Gasteiger partial charge in [-0.2, -0.15) is 10.1 Å². The molecule has 7 heteroatoms. The van der Waals surface area contributed by atoms with Crippen molar-refractivity contribution in [2.24, 2.45) is 0 Å². The van der Waals surface area contributed by atoms with Crippen molar-refractivity contribution in [2.75, 3.05) is 5.32 Å². The smallest absolute Gasteiger partial charge is 0.279 e. The second-order valence-corrected chi connectivity index (χ2v) is 7.73. The normalized spacial score (nSPS) is 11.1. The molecule has 1 amide bonds. The first-order valence-corrected chi connectivity index (χ1v) is 10.3. The molecule has 0 fully saturated rings. The fourth-order valence-electron chi connectivity index (χ4n) is 3.52. The summed E-state index contributed by atoms with van der Waals surface area (Å²) in [4.78, 5) is 17.2. The van der Waals surface area contributed by atoms with Crippen molar-refractivity contribution in [1.29, 1.82) is 0 Å². The summed E-state index contributed by atoms with van der Waals surface area (Å²) in [5.74, 6) is 0.643. The summed E-state index contributed by atoms with van der Waals surface area (Å²) in [6, 6.07) is 23.3. The van der Waals surface area contributed by atoms with E-state index in [4.69, 9.17) is 4.52 Å². The number of hydrogen-bond acceptors (Lipinski definition) is 5. The van der Waals surface area contributed by atoms with Crippen LogP contribution in [-0.2, 0) is 11.3 Å². The number of nitrogens with zero attached hydrogens (tertiary/aromatic N) is 4. The third-order valence-corrected chi connectivity index (χ3v) is 5.23. The maximum atomic E-state index is 12.6. The van der Waals surface area contributed by atoms with Gasteiger partial charge >= 0.3 is 0 Å². The Morgan fingerprint density at radius 3 is 2.38 bits per heavy atom. The van der Waals surface area contributed by atoms with Gasteiger partial charge in [0, 0.05) is 16.6 Å². The quantitative estimate of drug-likeness (QED) is 0.429. The first-order chi connectivity index (χ1) is 15.6. The molecule has 7 nitrogen and oxygen atoms in total. The van der Waals surface area contributed by atoms with Gasteiger partial charge in [0.15, 0.2) is 5.69 Å². The molecule has 158 valence electrons. The molecule has 1 N–H and O–H groups in total. The van der Waals surface area contributed by atoms with Crippen LogP contribution < -0.4 is 5.32 Å². The van der Waals surface area contributed by atoms with Gasteiger partial charge in [-0.05, 0) is 32.0 Å². The Bertz CT molecular complexity index is 1400. The van der Waals surface area contributed by atoms with Crippen LogP contribution in [0, 0.1) is 13.8 Å². The van der Waals surface area contributed by atoms with Gasteiger partial charge in [-0.25, -0.2) is 0 Å². The fraction of sp³-hybridized carbons (Fsp3) is 0.120. The summed E-state index contributed by atoms with van der Waals surface area (Å²) in [5, 5.41) is 12.5. The monoisotopic (exact) mass is 423 g/mol. The minimum atomic E-state index is -0.167. The number of aromatic nitrogens is 4. The lowest BCUT2D eigenvalue weighted by molar-refractivity contribution is -0.116. The molecule has 0 saturated carbocycles. The van der Waals surface area contributed by atoms with E-state index in [-0.39, 0.29) is 12.5 Å². The van der Waals surface area contributed by atoms with Crippen molar-refractivity contribution in [3.63, 3.8) is 0 Å². The molecular formula is C25H21N5O2. The van der Waals surface area contributed by atoms with E-state index in [0.717, 1.165) is 33.3 Å². The van der Waals surface area contributed by atoms with Crippen molar-refractivity contribution >= 4 is 22.5 Å². The summed E-state index contributed by atoms with van der Waals surface area (Å²) in [7, 11) is 0. The maximum Gasteiger partial charge on any atom is 0.279 e. The number of nitrogens with one attached hydrogen (secondary N) is 1. The molecule has 0 unspecified atom stereocenters. The molecule has 32 heavy (non-hydrogen) atoms. The van der Waals surface area contributed by atoms with E-state index >= 15 is 0 Å². The topological polar surface area (TPSA) is 85.8 Å². The van der Waals surface area contributed by atoms with Gasteiger partial charge in [0.1, 0.15) is 6.54 Å². The highest BCUT2D eigenvalue weighted by atomic mass is 16.5. The Morgan fingerprint density at radius 2 is 1.62 bits per heavy atom. The number of benzene rings is 3. The van der Waals surface area contributed by atoms with Crippen LogP contribution in [-0.4, -0.2) is 25.8 Å². The maximum absolute atomic E-state index is 12.6. The molecule has 0 aliphatic rings. The van der Waals surface area contributed by atoms with Crippen molar-refractivity contribution in [2.45, 2.75) is 20.4 Å². The molecule has 2 heterocycles. The summed E-state index contributed by atoms with van der Waals surface area (Å²) in [6.07, 6.45) is 0. The Hall–Kier alpha value is -4.26. The molecule has 0 saturated heterocycles. The minimum Gasteiger partial charge on any atom is -0.332 e. The number of fused-ring (bicyclic) bond motifs is 1. The zero-order valence-electron chi connectivity index (χ0n) is 17.7. The predicted molar refractivity (Wildman–Crippen MR) is 123 cm³/mol. The number of para-hydroxylation sites is 1. The van der Waals surface area contributed by atoms with Crippen molar-refractivity contribution in [3.8, 4) is 23.0 Å². The van der Waals surface area contributed by atoms with E-state index in [1.165, 1.54) is 0 Å². The summed E-state index contributed by atoms with van der Waals surface area (Å²) in [5.41, 5.74) is 5.27. The third kappa shape index (κ3) is 3.88. The second-order valence-electron chi connectivity index (χ2n) is 7.73. The number of carbonyl (C=O) groups is 1. The zero-order valence-corrected chi connectivity index (χ0v) is 17.7. The molecule has 3 aromatic carbocycles. The number of amides is 1. The number of carbonyl (C=O) groups excluding carboxylic acids is 1. The SMILES string of the molecule is Cc1ccc(NC(=O)Cn2nc(-c3nc(-c4ccc(C)cc4)no3)c3ccccc32)cc1. The van der Waals surface area contributed by atoms with E-state index in [1.807, 2.05) is 86.6 Å². The van der Waals surface area contributed by atoms with Crippen molar-refractivity contribution in [1.82, 2.24) is 19.9 Å². The first-order valence-electron chi connectivity index (χ1n) is 10.3. The molecule has 0 bridgehead atoms. The lowest BCUT2D eigenvalue weighted by Gasteiger charge is -2.06. The average molecular weight is 423 g/mol. The predicted octanol–water partition coefficient (Wildman–Crippen LogP) is 5.01. The molecule has 0 radical (unpaired) electrons. The lowest BCUT2D eigenvalue weighted by Crippen LogP contribution is -2.19. The highest BCUT2D eigenvalue weighted by Crippen LogP contribution is 2.28. The first kappa shape index (κ1) is 19.7. The molecule has 2 aromatic heterocycles. The van der Waals surface area contributed by atoms with Gasteiger partial charge in [-0.1, -0.05) is 70.9 Å². The lowest BCUT2D eigenvalue weighted by atomic mass is 10.1. The minimum absolute atomic E-state index is 0.0628. The average Bonchev–Trinajstić information content (AvgIpc) is 3.41. The Kier molecular flexibility index (Phi) is 4.99. The van der Waals surface area contributed by atoms with E-state index in [1.54, 1.807) is 4.68 Å². The fourth-order valence-corrected chi connectivity index (χ4v) is 3.52. The van der Waals surface area contributed by atoms with E-state index in [9.17, 15) is 4.79 Å². The molecular weight excluding hydrogens is 402 g/mol. The molecule has 0 aliphatic carbocycles. The van der Waals surface area contributed by atoms with Crippen LogP contribution in [0.4, 0.5) is 5.69 Å². The summed E-state index contributed by atoms with van der Waals surface area (Å²) in [6.45, 7) is 4.09. The van der Waals surface area contributed by atoms with E-state index in [0.29, 0.717) is 17.4 Å². The highest BCUT2D eigenvalue weighted by molar-refractivity contribution is 5.94. The van der Waals surface area contributed by atoms with Crippen LogP contribution in [0.1, 0.15) is 11.1 Å². The standard InChI is InChI=1S/C25H21N5O2/c1-16-7-11-18(12-8-16)24-27-25(32-29-24)23-20-5-3-4-6-21(20)30(28-23)15-22(31)26-19-13-9-17(2)10-14-19/h3-14H,15H2,1-2H3,(H,26,31).